The Hall–Kier alpha value is -1.30. The van der Waals surface area contributed by atoms with Crippen molar-refractivity contribution >= 4 is 50.7 Å². The SMILES string of the molecule is O=C(Nc1cc(Cl)c(F)c(Cl)c1)c1ccc(Br)c(O)c1. The van der Waals surface area contributed by atoms with E-state index in [0.29, 0.717) is 4.47 Å². The zero-order valence-corrected chi connectivity index (χ0v) is 12.9. The number of carbonyl (C=O) groups excluding carboxylic acids is 1. The van der Waals surface area contributed by atoms with Gasteiger partial charge < -0.3 is 10.4 Å². The summed E-state index contributed by atoms with van der Waals surface area (Å²) in [7, 11) is 0. The Labute approximate surface area is 132 Å². The number of aromatic hydroxyl groups is 1. The van der Waals surface area contributed by atoms with Crippen molar-refractivity contribution in [3.63, 3.8) is 0 Å². The fraction of sp³-hybridized carbons (Fsp3) is 0. The standard InChI is InChI=1S/C13H7BrCl2FNO2/c14-8-2-1-6(3-11(8)19)13(20)18-7-4-9(15)12(17)10(16)5-7/h1-5,19H,(H,18,20). The molecule has 3 nitrogen and oxygen atoms in total. The van der Waals surface area contributed by atoms with Crippen molar-refractivity contribution in [1.29, 1.82) is 0 Å². The van der Waals surface area contributed by atoms with Gasteiger partial charge in [0.2, 0.25) is 0 Å². The smallest absolute Gasteiger partial charge is 0.255 e. The molecule has 104 valence electrons. The molecule has 0 aliphatic rings. The monoisotopic (exact) mass is 377 g/mol. The van der Waals surface area contributed by atoms with Gasteiger partial charge in [-0.15, -0.1) is 0 Å². The molecular formula is C13H7BrCl2FNO2. The van der Waals surface area contributed by atoms with Gasteiger partial charge in [-0.05, 0) is 46.3 Å². The normalized spacial score (nSPS) is 10.4. The molecule has 0 radical (unpaired) electrons. The minimum atomic E-state index is -0.743. The van der Waals surface area contributed by atoms with E-state index < -0.39 is 11.7 Å². The van der Waals surface area contributed by atoms with E-state index in [1.165, 1.54) is 30.3 Å². The molecule has 20 heavy (non-hydrogen) atoms. The number of phenolic OH excluding ortho intramolecular Hbond substituents is 1. The molecule has 0 bridgehead atoms. The minimum Gasteiger partial charge on any atom is -0.507 e. The Balaban J connectivity index is 2.25. The molecule has 0 aromatic heterocycles. The summed E-state index contributed by atoms with van der Waals surface area (Å²) < 4.78 is 13.7. The Bertz CT molecular complexity index is 671. The lowest BCUT2D eigenvalue weighted by Gasteiger charge is -2.08. The second kappa shape index (κ2) is 5.99. The highest BCUT2D eigenvalue weighted by Gasteiger charge is 2.12. The Morgan fingerprint density at radius 3 is 2.35 bits per heavy atom. The number of halogens is 4. The van der Waals surface area contributed by atoms with Crippen molar-refractivity contribution in [2.24, 2.45) is 0 Å². The van der Waals surface area contributed by atoms with E-state index in [2.05, 4.69) is 21.2 Å². The van der Waals surface area contributed by atoms with Crippen molar-refractivity contribution < 1.29 is 14.3 Å². The van der Waals surface area contributed by atoms with Gasteiger partial charge in [-0.3, -0.25) is 4.79 Å². The van der Waals surface area contributed by atoms with Gasteiger partial charge in [0.15, 0.2) is 5.82 Å². The van der Waals surface area contributed by atoms with Crippen LogP contribution in [0.25, 0.3) is 0 Å². The lowest BCUT2D eigenvalue weighted by atomic mass is 10.2. The fourth-order valence-electron chi connectivity index (χ4n) is 1.48. The van der Waals surface area contributed by atoms with Gasteiger partial charge in [-0.25, -0.2) is 4.39 Å². The van der Waals surface area contributed by atoms with Gasteiger partial charge in [0.25, 0.3) is 5.91 Å². The summed E-state index contributed by atoms with van der Waals surface area (Å²) in [5.74, 6) is -1.29. The molecule has 2 aromatic rings. The number of carbonyl (C=O) groups is 1. The van der Waals surface area contributed by atoms with E-state index in [9.17, 15) is 14.3 Å². The Morgan fingerprint density at radius 2 is 1.80 bits per heavy atom. The molecule has 0 fully saturated rings. The molecule has 2 rings (SSSR count). The third-order valence-electron chi connectivity index (χ3n) is 2.45. The molecule has 1 amide bonds. The van der Waals surface area contributed by atoms with E-state index in [-0.39, 0.29) is 27.0 Å². The van der Waals surface area contributed by atoms with Crippen LogP contribution in [0.1, 0.15) is 10.4 Å². The summed E-state index contributed by atoms with van der Waals surface area (Å²) in [5, 5.41) is 11.7. The largest absolute Gasteiger partial charge is 0.507 e. The number of nitrogens with one attached hydrogen (secondary N) is 1. The molecule has 2 aromatic carbocycles. The molecule has 0 atom stereocenters. The molecule has 0 heterocycles. The van der Waals surface area contributed by atoms with Gasteiger partial charge in [0.05, 0.1) is 14.5 Å². The van der Waals surface area contributed by atoms with Crippen LogP contribution in [-0.2, 0) is 0 Å². The van der Waals surface area contributed by atoms with Crippen LogP contribution in [0.2, 0.25) is 10.0 Å². The van der Waals surface area contributed by atoms with Crippen LogP contribution in [0.5, 0.6) is 5.75 Å². The molecule has 0 saturated heterocycles. The van der Waals surface area contributed by atoms with Crippen molar-refractivity contribution in [2.45, 2.75) is 0 Å². The first-order valence-corrected chi connectivity index (χ1v) is 6.88. The van der Waals surface area contributed by atoms with Crippen LogP contribution >= 0.6 is 39.1 Å². The van der Waals surface area contributed by atoms with Gasteiger partial charge in [-0.1, -0.05) is 23.2 Å². The number of hydrogen-bond donors (Lipinski definition) is 2. The molecule has 7 heteroatoms. The molecule has 0 saturated carbocycles. The number of anilines is 1. The zero-order valence-electron chi connectivity index (χ0n) is 9.75. The quantitative estimate of drug-likeness (QED) is 0.733. The maximum atomic E-state index is 13.3. The minimum absolute atomic E-state index is 0.0622. The van der Waals surface area contributed by atoms with Crippen molar-refractivity contribution in [2.75, 3.05) is 5.32 Å². The number of phenols is 1. The second-order valence-electron chi connectivity index (χ2n) is 3.87. The molecule has 0 aliphatic carbocycles. The summed E-state index contributed by atoms with van der Waals surface area (Å²) in [4.78, 5) is 12.0. The van der Waals surface area contributed by atoms with E-state index >= 15 is 0 Å². The van der Waals surface area contributed by atoms with Gasteiger partial charge in [-0.2, -0.15) is 0 Å². The van der Waals surface area contributed by atoms with Gasteiger partial charge in [0.1, 0.15) is 5.75 Å². The number of hydrogen-bond acceptors (Lipinski definition) is 2. The number of benzene rings is 2. The third kappa shape index (κ3) is 3.23. The lowest BCUT2D eigenvalue weighted by Crippen LogP contribution is -2.11. The molecule has 0 spiro atoms. The lowest BCUT2D eigenvalue weighted by molar-refractivity contribution is 0.102. The summed E-state index contributed by atoms with van der Waals surface area (Å²) in [6.45, 7) is 0. The maximum absolute atomic E-state index is 13.3. The van der Waals surface area contributed by atoms with E-state index in [1.54, 1.807) is 0 Å². The highest BCUT2D eigenvalue weighted by atomic mass is 79.9. The van der Waals surface area contributed by atoms with Crippen molar-refractivity contribution in [1.82, 2.24) is 0 Å². The van der Waals surface area contributed by atoms with Crippen LogP contribution in [0, 0.1) is 5.82 Å². The first-order valence-electron chi connectivity index (χ1n) is 5.33. The van der Waals surface area contributed by atoms with Crippen LogP contribution < -0.4 is 5.32 Å². The average molecular weight is 379 g/mol. The van der Waals surface area contributed by atoms with Gasteiger partial charge in [0, 0.05) is 11.3 Å². The maximum Gasteiger partial charge on any atom is 0.255 e. The predicted molar refractivity (Wildman–Crippen MR) is 80.2 cm³/mol. The summed E-state index contributed by atoms with van der Waals surface area (Å²) >= 11 is 14.4. The predicted octanol–water partition coefficient (Wildman–Crippen LogP) is 4.85. The molecule has 0 unspecified atom stereocenters. The topological polar surface area (TPSA) is 49.3 Å². The summed E-state index contributed by atoms with van der Waals surface area (Å²) in [5.41, 5.74) is 0.496. The molecule has 0 aliphatic heterocycles. The Morgan fingerprint density at radius 1 is 1.20 bits per heavy atom. The van der Waals surface area contributed by atoms with E-state index in [4.69, 9.17) is 23.2 Å². The van der Waals surface area contributed by atoms with E-state index in [1.807, 2.05) is 0 Å². The highest BCUT2D eigenvalue weighted by molar-refractivity contribution is 9.10. The third-order valence-corrected chi connectivity index (χ3v) is 3.67. The average Bonchev–Trinajstić information content (AvgIpc) is 2.39. The van der Waals surface area contributed by atoms with Crippen LogP contribution in [0.4, 0.5) is 10.1 Å². The molecule has 2 N–H and O–H groups in total. The van der Waals surface area contributed by atoms with E-state index in [0.717, 1.165) is 0 Å². The van der Waals surface area contributed by atoms with Crippen molar-refractivity contribution in [3.05, 3.63) is 56.2 Å². The first kappa shape index (κ1) is 15.1. The van der Waals surface area contributed by atoms with Crippen LogP contribution in [0.3, 0.4) is 0 Å². The highest BCUT2D eigenvalue weighted by Crippen LogP contribution is 2.28. The van der Waals surface area contributed by atoms with Crippen LogP contribution in [0.15, 0.2) is 34.8 Å². The molecular weight excluding hydrogens is 372 g/mol. The number of amides is 1. The second-order valence-corrected chi connectivity index (χ2v) is 5.54. The zero-order chi connectivity index (χ0) is 14.9. The van der Waals surface area contributed by atoms with Crippen molar-refractivity contribution in [3.8, 4) is 5.75 Å². The summed E-state index contributed by atoms with van der Waals surface area (Å²) in [6.07, 6.45) is 0. The summed E-state index contributed by atoms with van der Waals surface area (Å²) in [6, 6.07) is 6.85. The number of rotatable bonds is 2. The first-order chi connectivity index (χ1) is 9.38. The fourth-order valence-corrected chi connectivity index (χ4v) is 2.22. The van der Waals surface area contributed by atoms with Gasteiger partial charge >= 0.3 is 0 Å². The van der Waals surface area contributed by atoms with Crippen LogP contribution in [-0.4, -0.2) is 11.0 Å². The Kier molecular flexibility index (Phi) is 4.52.